The van der Waals surface area contributed by atoms with Crippen molar-refractivity contribution in [2.24, 2.45) is 0 Å². The third kappa shape index (κ3) is 22.7. The molecule has 0 aliphatic carbocycles. The van der Waals surface area contributed by atoms with Crippen molar-refractivity contribution in [3.05, 3.63) is 25.1 Å². The average Bonchev–Trinajstić information content (AvgIpc) is 1.86. The van der Waals surface area contributed by atoms with Crippen LogP contribution in [0.5, 0.6) is 0 Å². The topological polar surface area (TPSA) is 40.1 Å². The number of hydrogen-bond donors (Lipinski definition) is 0. The lowest BCUT2D eigenvalue weighted by Gasteiger charge is -2.21. The number of rotatable bonds is 3. The molecule has 0 aliphatic heterocycles. The third-order valence-corrected chi connectivity index (χ3v) is 1.12. The molecule has 70 valence electrons. The minimum atomic E-state index is -2.33. The van der Waals surface area contributed by atoms with Crippen LogP contribution in [-0.4, -0.2) is 32.2 Å². The summed E-state index contributed by atoms with van der Waals surface area (Å²) in [6.07, 6.45) is 1.93. The summed E-state index contributed by atoms with van der Waals surface area (Å²) < 4.78 is 10.3. The minimum Gasteiger partial charge on any atom is -0.591 e. The molecule has 0 fully saturated rings. The van der Waals surface area contributed by atoms with Crippen LogP contribution in [-0.2, 0) is 4.57 Å². The molecular weight excluding hydrogens is 173 g/mol. The molecule has 0 aromatic heterocycles. The van der Waals surface area contributed by atoms with Gasteiger partial charge in [-0.3, -0.25) is 0 Å². The Morgan fingerprint density at radius 3 is 1.75 bits per heavy atom. The number of likely N-dealkylation sites (N-methyl/N-ethyl adjacent to an activating group) is 1. The van der Waals surface area contributed by atoms with Crippen molar-refractivity contribution in [3.63, 3.8) is 0 Å². The zero-order chi connectivity index (χ0) is 10.2. The molecular formula is C8H17NO2P+. The molecule has 12 heavy (non-hydrogen) atoms. The van der Waals surface area contributed by atoms with Crippen LogP contribution in [0.4, 0.5) is 0 Å². The highest BCUT2D eigenvalue weighted by Gasteiger charge is 1.99. The van der Waals surface area contributed by atoms with Crippen molar-refractivity contribution in [3.8, 4) is 0 Å². The molecule has 0 bridgehead atoms. The van der Waals surface area contributed by atoms with E-state index in [1.165, 1.54) is 0 Å². The van der Waals surface area contributed by atoms with Gasteiger partial charge in [0, 0.05) is 0 Å². The van der Waals surface area contributed by atoms with Crippen molar-refractivity contribution < 1.29 is 13.9 Å². The van der Waals surface area contributed by atoms with Crippen molar-refractivity contribution in [1.82, 2.24) is 0 Å². The summed E-state index contributed by atoms with van der Waals surface area (Å²) in [6, 6.07) is 0. The van der Waals surface area contributed by atoms with Crippen LogP contribution in [0.2, 0.25) is 0 Å². The van der Waals surface area contributed by atoms with E-state index >= 15 is 0 Å². The molecule has 0 radical (unpaired) electrons. The molecule has 0 rings (SSSR count). The normalized spacial score (nSPS) is 10.8. The summed E-state index contributed by atoms with van der Waals surface area (Å²) in [7, 11) is 4.09. The fourth-order valence-electron chi connectivity index (χ4n) is 0.387. The molecule has 0 saturated heterocycles. The maximum atomic E-state index is 9.29. The molecule has 3 nitrogen and oxygen atoms in total. The average molecular weight is 190 g/mol. The van der Waals surface area contributed by atoms with E-state index in [2.05, 4.69) is 34.3 Å². The number of hydrogen-bond acceptors (Lipinski definition) is 2. The van der Waals surface area contributed by atoms with Crippen molar-refractivity contribution in [2.75, 3.05) is 27.7 Å². The molecule has 4 heteroatoms. The molecule has 1 atom stereocenters. The van der Waals surface area contributed by atoms with Crippen LogP contribution in [0.1, 0.15) is 0 Å². The van der Waals surface area contributed by atoms with E-state index in [1.54, 1.807) is 0 Å². The van der Waals surface area contributed by atoms with E-state index in [1.807, 2.05) is 6.08 Å². The second kappa shape index (κ2) is 7.17. The summed E-state index contributed by atoms with van der Waals surface area (Å²) in [4.78, 5) is 9.29. The van der Waals surface area contributed by atoms with E-state index in [0.29, 0.717) is 0 Å². The second-order valence-corrected chi connectivity index (χ2v) is 4.17. The number of quaternary nitrogens is 1. The number of nitrogens with zero attached hydrogens (tertiary/aromatic N) is 1. The smallest absolute Gasteiger partial charge is 0.340 e. The van der Waals surface area contributed by atoms with E-state index in [0.717, 1.165) is 16.8 Å². The Morgan fingerprint density at radius 2 is 1.75 bits per heavy atom. The van der Waals surface area contributed by atoms with Gasteiger partial charge in [-0.05, 0) is 6.08 Å². The van der Waals surface area contributed by atoms with E-state index < -0.39 is 8.03 Å². The van der Waals surface area contributed by atoms with Gasteiger partial charge in [-0.2, -0.15) is 0 Å². The Balaban J connectivity index is 0. The summed E-state index contributed by atoms with van der Waals surface area (Å²) in [5.41, 5.74) is 0. The third-order valence-electron chi connectivity index (χ3n) is 0.826. The largest absolute Gasteiger partial charge is 0.591 e. The van der Waals surface area contributed by atoms with Crippen molar-refractivity contribution in [2.45, 2.75) is 0 Å². The van der Waals surface area contributed by atoms with Gasteiger partial charge in [0.15, 0.2) is 0 Å². The van der Waals surface area contributed by atoms with Gasteiger partial charge in [-0.25, -0.2) is 0 Å². The van der Waals surface area contributed by atoms with Crippen molar-refractivity contribution >= 4 is 8.03 Å². The monoisotopic (exact) mass is 190 g/mol. The predicted octanol–water partition coefficient (Wildman–Crippen LogP) is 1.11. The summed E-state index contributed by atoms with van der Waals surface area (Å²) in [5, 5.41) is 0. The van der Waals surface area contributed by atoms with Crippen LogP contribution >= 0.6 is 8.03 Å². The molecule has 1 unspecified atom stereocenters. The highest BCUT2D eigenvalue weighted by atomic mass is 31.1. The molecule has 0 saturated carbocycles. The van der Waals surface area contributed by atoms with Gasteiger partial charge < -0.3 is 9.38 Å². The maximum absolute atomic E-state index is 9.29. The lowest BCUT2D eigenvalue weighted by Crippen LogP contribution is -2.33. The zero-order valence-electron chi connectivity index (χ0n) is 7.99. The van der Waals surface area contributed by atoms with E-state index in [4.69, 9.17) is 0 Å². The Hall–Kier alpha value is -0.500. The van der Waals surface area contributed by atoms with Gasteiger partial charge in [0.25, 0.3) is 0 Å². The summed E-state index contributed by atoms with van der Waals surface area (Å²) in [5.74, 6) is 0.870. The summed E-state index contributed by atoms with van der Waals surface area (Å²) >= 11 is 0. The van der Waals surface area contributed by atoms with E-state index in [-0.39, 0.29) is 0 Å². The Labute approximate surface area is 75.5 Å². The molecule has 0 heterocycles. The highest BCUT2D eigenvalue weighted by Crippen LogP contribution is 2.03. The molecule has 0 aromatic carbocycles. The summed E-state index contributed by atoms with van der Waals surface area (Å²) in [6.45, 7) is 7.64. The van der Waals surface area contributed by atoms with Crippen molar-refractivity contribution in [1.29, 1.82) is 0 Å². The van der Waals surface area contributed by atoms with Crippen LogP contribution in [0.15, 0.2) is 25.1 Å². The van der Waals surface area contributed by atoms with Crippen LogP contribution in [0.25, 0.3) is 0 Å². The van der Waals surface area contributed by atoms with Gasteiger partial charge in [0.1, 0.15) is 5.82 Å². The first-order chi connectivity index (χ1) is 5.33. The predicted molar refractivity (Wildman–Crippen MR) is 50.9 cm³/mol. The van der Waals surface area contributed by atoms with Crippen LogP contribution in [0, 0.1) is 0 Å². The quantitative estimate of drug-likeness (QED) is 0.380. The van der Waals surface area contributed by atoms with Gasteiger partial charge >= 0.3 is 8.03 Å². The Kier molecular flexibility index (Phi) is 8.39. The van der Waals surface area contributed by atoms with Gasteiger partial charge in [0.05, 0.1) is 27.7 Å². The lowest BCUT2D eigenvalue weighted by molar-refractivity contribution is -0.864. The van der Waals surface area contributed by atoms with Gasteiger partial charge in [-0.15, -0.1) is 0 Å². The second-order valence-electron chi connectivity index (χ2n) is 3.23. The minimum absolute atomic E-state index is 0.870. The molecule has 0 amide bonds. The molecule has 0 aromatic rings. The first kappa shape index (κ1) is 14.0. The fourth-order valence-corrected chi connectivity index (χ4v) is 0.387. The Morgan fingerprint density at radius 1 is 1.42 bits per heavy atom. The standard InChI is InChI=1S/C6H14N.C2H3O2P/c1-5-6-7(2,3)4;1-2-5(3)4/h5H,1,6H2,2-4H3;2H,1H2/q+1;. The maximum Gasteiger partial charge on any atom is 0.340 e. The first-order valence-electron chi connectivity index (χ1n) is 3.51. The van der Waals surface area contributed by atoms with Crippen LogP contribution in [0.3, 0.4) is 0 Å². The van der Waals surface area contributed by atoms with Crippen LogP contribution < -0.4 is 4.89 Å². The lowest BCUT2D eigenvalue weighted by atomic mass is 10.5. The zero-order valence-corrected chi connectivity index (χ0v) is 8.88. The van der Waals surface area contributed by atoms with E-state index in [9.17, 15) is 9.46 Å². The van der Waals surface area contributed by atoms with Gasteiger partial charge in [0.2, 0.25) is 0 Å². The molecule has 0 aliphatic rings. The molecule has 0 N–H and O–H groups in total. The SMILES string of the molecule is C=CC[N+](C)(C)C.C=C[P+](=O)[O-]. The highest BCUT2D eigenvalue weighted by molar-refractivity contribution is 7.40. The van der Waals surface area contributed by atoms with Gasteiger partial charge in [-0.1, -0.05) is 17.7 Å². The fraction of sp³-hybridized carbons (Fsp3) is 0.500. The first-order valence-corrected chi connectivity index (χ1v) is 4.75. The molecule has 0 spiro atoms. The Bertz CT molecular complexity index is 161.